The van der Waals surface area contributed by atoms with Crippen LogP contribution in [0, 0.1) is 0 Å². The van der Waals surface area contributed by atoms with Crippen LogP contribution in [0.15, 0.2) is 24.3 Å². The van der Waals surface area contributed by atoms with E-state index in [4.69, 9.17) is 23.7 Å². The van der Waals surface area contributed by atoms with Gasteiger partial charge in [0.1, 0.15) is 11.4 Å². The van der Waals surface area contributed by atoms with Crippen LogP contribution in [0.2, 0.25) is 0 Å². The van der Waals surface area contributed by atoms with Gasteiger partial charge >= 0.3 is 12.2 Å². The van der Waals surface area contributed by atoms with Gasteiger partial charge in [0, 0.05) is 44.8 Å². The van der Waals surface area contributed by atoms with E-state index in [-0.39, 0.29) is 6.09 Å². The Morgan fingerprint density at radius 2 is 1.64 bits per heavy atom. The lowest BCUT2D eigenvalue weighted by Gasteiger charge is -2.37. The first-order valence-corrected chi connectivity index (χ1v) is 14.2. The van der Waals surface area contributed by atoms with Crippen LogP contribution in [-0.2, 0) is 11.2 Å². The molecule has 1 fully saturated rings. The molecule has 1 atom stereocenters. The number of fused-ring (bicyclic) bond motifs is 3. The average Bonchev–Trinajstić information content (AvgIpc) is 3.11. The standard InChI is InChI=1S/C31H43N3O8/c1-31(2,3)42-30(37)33-15-12-32(13-16-33)14-17-34(29(35)36)24-11-8-20-18-25(39-5)27(40-6)28(41-7)26(20)22-10-9-21(38-4)19-23(22)24/h9-10,18-19,24H,8,11-17H2,1-7H3,(H,35,36)/t24-/m0/s1. The smallest absolute Gasteiger partial charge is 0.410 e. The summed E-state index contributed by atoms with van der Waals surface area (Å²) in [5, 5.41) is 10.4. The van der Waals surface area contributed by atoms with Gasteiger partial charge in [0.15, 0.2) is 11.5 Å². The normalized spacial score (nSPS) is 16.9. The molecule has 1 aliphatic carbocycles. The van der Waals surface area contributed by atoms with Crippen LogP contribution in [0.1, 0.15) is 44.4 Å². The molecule has 0 aromatic heterocycles. The van der Waals surface area contributed by atoms with Gasteiger partial charge in [-0.2, -0.15) is 0 Å². The maximum atomic E-state index is 12.8. The van der Waals surface area contributed by atoms with Crippen molar-refractivity contribution in [3.8, 4) is 34.1 Å². The van der Waals surface area contributed by atoms with Gasteiger partial charge in [0.2, 0.25) is 5.75 Å². The number of nitrogens with zero attached hydrogens (tertiary/aromatic N) is 3. The van der Waals surface area contributed by atoms with Gasteiger partial charge in [-0.1, -0.05) is 6.07 Å². The molecule has 1 aliphatic heterocycles. The van der Waals surface area contributed by atoms with Crippen LogP contribution in [0.3, 0.4) is 0 Å². The second-order valence-corrected chi connectivity index (χ2v) is 11.5. The zero-order valence-electron chi connectivity index (χ0n) is 25.7. The number of hydrogen-bond acceptors (Lipinski definition) is 8. The molecule has 0 radical (unpaired) electrons. The Bertz CT molecular complexity index is 1280. The van der Waals surface area contributed by atoms with Crippen LogP contribution >= 0.6 is 0 Å². The minimum Gasteiger partial charge on any atom is -0.497 e. The molecule has 1 N–H and O–H groups in total. The van der Waals surface area contributed by atoms with Gasteiger partial charge in [-0.05, 0) is 68.5 Å². The molecule has 230 valence electrons. The topological polar surface area (TPSA) is 110 Å². The highest BCUT2D eigenvalue weighted by atomic mass is 16.6. The largest absolute Gasteiger partial charge is 0.497 e. The summed E-state index contributed by atoms with van der Waals surface area (Å²) in [6.45, 7) is 8.76. The third-order valence-corrected chi connectivity index (χ3v) is 7.79. The number of aryl methyl sites for hydroxylation is 1. The fourth-order valence-electron chi connectivity index (χ4n) is 5.76. The highest BCUT2D eigenvalue weighted by Gasteiger charge is 2.34. The minimum atomic E-state index is -0.991. The molecule has 0 spiro atoms. The zero-order valence-corrected chi connectivity index (χ0v) is 25.7. The molecule has 11 heteroatoms. The van der Waals surface area contributed by atoms with Crippen molar-refractivity contribution in [1.82, 2.24) is 14.7 Å². The monoisotopic (exact) mass is 585 g/mol. The summed E-state index contributed by atoms with van der Waals surface area (Å²) in [6, 6.07) is 7.26. The summed E-state index contributed by atoms with van der Waals surface area (Å²) in [6.07, 6.45) is -0.146. The molecule has 1 saturated heterocycles. The maximum Gasteiger partial charge on any atom is 0.410 e. The third kappa shape index (κ3) is 6.61. The molecule has 2 aromatic rings. The van der Waals surface area contributed by atoms with Gasteiger partial charge in [-0.3, -0.25) is 4.90 Å². The Kier molecular flexibility index (Phi) is 9.60. The van der Waals surface area contributed by atoms with Crippen molar-refractivity contribution in [3.05, 3.63) is 35.4 Å². The summed E-state index contributed by atoms with van der Waals surface area (Å²) in [7, 11) is 6.35. The Hall–Kier alpha value is -3.86. The van der Waals surface area contributed by atoms with E-state index in [1.165, 1.54) is 4.90 Å². The van der Waals surface area contributed by atoms with E-state index in [9.17, 15) is 14.7 Å². The molecule has 2 aliphatic rings. The Morgan fingerprint density at radius 1 is 0.952 bits per heavy atom. The molecule has 2 aromatic carbocycles. The summed E-state index contributed by atoms with van der Waals surface area (Å²) < 4.78 is 28.2. The first kappa shape index (κ1) is 31.1. The van der Waals surface area contributed by atoms with Crippen molar-refractivity contribution in [2.24, 2.45) is 0 Å². The lowest BCUT2D eigenvalue weighted by atomic mass is 9.93. The van der Waals surface area contributed by atoms with Gasteiger partial charge in [-0.25, -0.2) is 9.59 Å². The fraction of sp³-hybridized carbons (Fsp3) is 0.548. The van der Waals surface area contributed by atoms with Crippen molar-refractivity contribution in [1.29, 1.82) is 0 Å². The number of amides is 2. The Labute approximate surface area is 247 Å². The SMILES string of the molecule is COc1ccc2c(c1)[C@@H](N(CCN1CCN(C(=O)OC(C)(C)C)CC1)C(=O)O)CCc1cc(OC)c(OC)c(OC)c1-2. The van der Waals surface area contributed by atoms with Crippen molar-refractivity contribution in [2.45, 2.75) is 45.3 Å². The molecule has 42 heavy (non-hydrogen) atoms. The predicted molar refractivity (Wildman–Crippen MR) is 158 cm³/mol. The van der Waals surface area contributed by atoms with Gasteiger partial charge < -0.3 is 38.6 Å². The molecule has 11 nitrogen and oxygen atoms in total. The van der Waals surface area contributed by atoms with E-state index in [0.29, 0.717) is 75.1 Å². The fourth-order valence-corrected chi connectivity index (χ4v) is 5.76. The van der Waals surface area contributed by atoms with E-state index in [1.807, 2.05) is 45.0 Å². The molecule has 4 rings (SSSR count). The van der Waals surface area contributed by atoms with Crippen LogP contribution in [0.25, 0.3) is 11.1 Å². The highest BCUT2D eigenvalue weighted by Crippen LogP contribution is 2.51. The summed E-state index contributed by atoms with van der Waals surface area (Å²) >= 11 is 0. The van der Waals surface area contributed by atoms with Crippen LogP contribution in [0.4, 0.5) is 9.59 Å². The predicted octanol–water partition coefficient (Wildman–Crippen LogP) is 4.91. The Balaban J connectivity index is 1.60. The van der Waals surface area contributed by atoms with Gasteiger partial charge in [-0.15, -0.1) is 0 Å². The molecule has 0 unspecified atom stereocenters. The third-order valence-electron chi connectivity index (χ3n) is 7.79. The lowest BCUT2D eigenvalue weighted by molar-refractivity contribution is 0.0136. The molecule has 1 heterocycles. The number of carbonyl (C=O) groups excluding carboxylic acids is 1. The van der Waals surface area contributed by atoms with Gasteiger partial charge in [0.25, 0.3) is 0 Å². The number of rotatable bonds is 8. The number of methoxy groups -OCH3 is 4. The van der Waals surface area contributed by atoms with Crippen LogP contribution in [-0.4, -0.2) is 105 Å². The van der Waals surface area contributed by atoms with Crippen LogP contribution in [0.5, 0.6) is 23.0 Å². The van der Waals surface area contributed by atoms with Crippen molar-refractivity contribution >= 4 is 12.2 Å². The number of ether oxygens (including phenoxy) is 5. The van der Waals surface area contributed by atoms with E-state index in [2.05, 4.69) is 4.90 Å². The van der Waals surface area contributed by atoms with E-state index < -0.39 is 17.7 Å². The second kappa shape index (κ2) is 13.0. The van der Waals surface area contributed by atoms with E-state index >= 15 is 0 Å². The number of carbonyl (C=O) groups is 2. The molecule has 2 amide bonds. The Morgan fingerprint density at radius 3 is 2.21 bits per heavy atom. The molecular weight excluding hydrogens is 542 g/mol. The van der Waals surface area contributed by atoms with Crippen molar-refractivity contribution in [3.63, 3.8) is 0 Å². The first-order chi connectivity index (χ1) is 20.0. The molecular formula is C31H43N3O8. The van der Waals surface area contributed by atoms with Crippen LogP contribution < -0.4 is 18.9 Å². The second-order valence-electron chi connectivity index (χ2n) is 11.5. The van der Waals surface area contributed by atoms with E-state index in [0.717, 1.165) is 22.3 Å². The van der Waals surface area contributed by atoms with Crippen molar-refractivity contribution < 1.29 is 38.4 Å². The lowest BCUT2D eigenvalue weighted by Crippen LogP contribution is -2.51. The molecule has 0 saturated carbocycles. The van der Waals surface area contributed by atoms with Gasteiger partial charge in [0.05, 0.1) is 34.5 Å². The number of carboxylic acid groups (broad SMARTS) is 1. The molecule has 0 bridgehead atoms. The number of piperazine rings is 1. The average molecular weight is 586 g/mol. The number of benzene rings is 2. The maximum absolute atomic E-state index is 12.8. The number of hydrogen-bond donors (Lipinski definition) is 1. The highest BCUT2D eigenvalue weighted by molar-refractivity contribution is 5.83. The summed E-state index contributed by atoms with van der Waals surface area (Å²) in [4.78, 5) is 30.6. The minimum absolute atomic E-state index is 0.309. The van der Waals surface area contributed by atoms with Crippen molar-refractivity contribution in [2.75, 3.05) is 67.7 Å². The first-order valence-electron chi connectivity index (χ1n) is 14.2. The quantitative estimate of drug-likeness (QED) is 0.462. The van der Waals surface area contributed by atoms with E-state index in [1.54, 1.807) is 33.3 Å². The zero-order chi connectivity index (χ0) is 30.6. The summed E-state index contributed by atoms with van der Waals surface area (Å²) in [5.41, 5.74) is 3.01. The summed E-state index contributed by atoms with van der Waals surface area (Å²) in [5.74, 6) is 2.23.